The number of ether oxygens (including phenoxy) is 2. The lowest BCUT2D eigenvalue weighted by Gasteiger charge is -2.41. The molecule has 1 aromatic rings. The molecule has 3 rings (SSSR count). The van der Waals surface area contributed by atoms with E-state index in [0.717, 1.165) is 28.6 Å². The van der Waals surface area contributed by atoms with Crippen molar-refractivity contribution in [1.82, 2.24) is 0 Å². The maximum absolute atomic E-state index is 6.41. The van der Waals surface area contributed by atoms with Crippen molar-refractivity contribution >= 4 is 15.9 Å². The van der Waals surface area contributed by atoms with Gasteiger partial charge in [-0.15, -0.1) is 0 Å². The zero-order valence-electron chi connectivity index (χ0n) is 8.96. The predicted octanol–water partition coefficient (Wildman–Crippen LogP) is 2.65. The zero-order chi connectivity index (χ0) is 11.2. The molecule has 1 aromatic carbocycles. The van der Waals surface area contributed by atoms with Gasteiger partial charge < -0.3 is 15.2 Å². The molecule has 3 nitrogen and oxygen atoms in total. The number of nitrogens with two attached hydrogens (primary N) is 1. The molecule has 86 valence electrons. The molecule has 4 heteroatoms. The van der Waals surface area contributed by atoms with Gasteiger partial charge in [0, 0.05) is 15.6 Å². The predicted molar refractivity (Wildman–Crippen MR) is 64.1 cm³/mol. The molecular formula is C12H14BrNO2. The third-order valence-corrected chi connectivity index (χ3v) is 4.17. The maximum Gasteiger partial charge on any atom is 0.189 e. The van der Waals surface area contributed by atoms with Crippen LogP contribution in [0.15, 0.2) is 16.6 Å². The Kier molecular flexibility index (Phi) is 2.46. The normalized spacial score (nSPS) is 21.9. The van der Waals surface area contributed by atoms with Gasteiger partial charge in [-0.25, -0.2) is 0 Å². The van der Waals surface area contributed by atoms with Gasteiger partial charge in [0.1, 0.15) is 5.75 Å². The molecule has 0 radical (unpaired) electrons. The molecule has 1 saturated carbocycles. The Morgan fingerprint density at radius 1 is 1.31 bits per heavy atom. The molecule has 0 unspecified atom stereocenters. The zero-order valence-corrected chi connectivity index (χ0v) is 10.5. The minimum atomic E-state index is -0.186. The number of hydrogen-bond donors (Lipinski definition) is 1. The minimum absolute atomic E-state index is 0.186. The van der Waals surface area contributed by atoms with E-state index in [1.807, 2.05) is 12.1 Å². The van der Waals surface area contributed by atoms with E-state index >= 15 is 0 Å². The van der Waals surface area contributed by atoms with Gasteiger partial charge in [-0.1, -0.05) is 15.9 Å². The van der Waals surface area contributed by atoms with Crippen LogP contribution in [0.1, 0.15) is 30.4 Å². The summed E-state index contributed by atoms with van der Waals surface area (Å²) >= 11 is 3.59. The molecule has 0 atom stereocenters. The Hall–Kier alpha value is -0.580. The molecule has 1 fully saturated rings. The molecule has 2 aliphatic rings. The fraction of sp³-hybridized carbons (Fsp3) is 0.500. The molecule has 2 N–H and O–H groups in total. The van der Waals surface area contributed by atoms with E-state index in [0.29, 0.717) is 13.4 Å². The first-order valence-electron chi connectivity index (χ1n) is 5.52. The van der Waals surface area contributed by atoms with Crippen LogP contribution in [-0.4, -0.2) is 6.79 Å². The fourth-order valence-electron chi connectivity index (χ4n) is 2.47. The molecule has 1 aliphatic heterocycles. The Bertz CT molecular complexity index is 429. The third-order valence-electron chi connectivity index (χ3n) is 3.51. The second kappa shape index (κ2) is 3.72. The van der Waals surface area contributed by atoms with Gasteiger partial charge in [-0.3, -0.25) is 0 Å². The van der Waals surface area contributed by atoms with Gasteiger partial charge >= 0.3 is 0 Å². The number of benzene rings is 1. The second-order valence-corrected chi connectivity index (χ2v) is 5.37. The highest BCUT2D eigenvalue weighted by Gasteiger charge is 2.39. The summed E-state index contributed by atoms with van der Waals surface area (Å²) in [6.45, 7) is 0.939. The van der Waals surface area contributed by atoms with Gasteiger partial charge in [-0.05, 0) is 37.0 Å². The van der Waals surface area contributed by atoms with E-state index in [1.54, 1.807) is 0 Å². The summed E-state index contributed by atoms with van der Waals surface area (Å²) < 4.78 is 11.9. The first kappa shape index (κ1) is 10.6. The summed E-state index contributed by atoms with van der Waals surface area (Å²) in [5.74, 6) is 0.918. The van der Waals surface area contributed by atoms with Gasteiger partial charge in [0.2, 0.25) is 0 Å². The smallest absolute Gasteiger partial charge is 0.189 e. The van der Waals surface area contributed by atoms with Gasteiger partial charge in [0.25, 0.3) is 0 Å². The Morgan fingerprint density at radius 3 is 2.81 bits per heavy atom. The summed E-state index contributed by atoms with van der Waals surface area (Å²) in [6.07, 6.45) is 3.29. The van der Waals surface area contributed by atoms with E-state index in [2.05, 4.69) is 15.9 Å². The second-order valence-electron chi connectivity index (χ2n) is 4.52. The standard InChI is InChI=1S/C12H14BrNO2/c13-9-2-3-10-8(6-15-7-16-10)11(9)12(14)4-1-5-12/h2-3H,1,4-7,14H2. The lowest BCUT2D eigenvalue weighted by molar-refractivity contribution is -0.0179. The largest absolute Gasteiger partial charge is 0.467 e. The lowest BCUT2D eigenvalue weighted by atomic mass is 9.71. The first-order chi connectivity index (χ1) is 7.71. The van der Waals surface area contributed by atoms with Crippen molar-refractivity contribution in [2.24, 2.45) is 5.73 Å². The summed E-state index contributed by atoms with van der Waals surface area (Å²) in [5, 5.41) is 0. The quantitative estimate of drug-likeness (QED) is 0.862. The number of halogens is 1. The molecule has 0 bridgehead atoms. The molecule has 0 saturated heterocycles. The first-order valence-corrected chi connectivity index (χ1v) is 6.31. The van der Waals surface area contributed by atoms with Crippen LogP contribution >= 0.6 is 15.9 Å². The number of hydrogen-bond acceptors (Lipinski definition) is 3. The Balaban J connectivity index is 2.14. The Morgan fingerprint density at radius 2 is 2.12 bits per heavy atom. The van der Waals surface area contributed by atoms with E-state index in [4.69, 9.17) is 15.2 Å². The topological polar surface area (TPSA) is 44.5 Å². The highest BCUT2D eigenvalue weighted by Crippen LogP contribution is 2.46. The lowest BCUT2D eigenvalue weighted by Crippen LogP contribution is -2.44. The van der Waals surface area contributed by atoms with Crippen LogP contribution in [0.25, 0.3) is 0 Å². The van der Waals surface area contributed by atoms with Gasteiger partial charge in [0.05, 0.1) is 6.61 Å². The average molecular weight is 284 g/mol. The van der Waals surface area contributed by atoms with Crippen LogP contribution in [0.3, 0.4) is 0 Å². The van der Waals surface area contributed by atoms with Crippen LogP contribution < -0.4 is 10.5 Å². The summed E-state index contributed by atoms with van der Waals surface area (Å²) in [7, 11) is 0. The van der Waals surface area contributed by atoms with Crippen molar-refractivity contribution < 1.29 is 9.47 Å². The van der Waals surface area contributed by atoms with Crippen LogP contribution in [-0.2, 0) is 16.9 Å². The van der Waals surface area contributed by atoms with E-state index in [-0.39, 0.29) is 5.54 Å². The van der Waals surface area contributed by atoms with E-state index in [1.165, 1.54) is 12.0 Å². The van der Waals surface area contributed by atoms with Crippen molar-refractivity contribution in [3.05, 3.63) is 27.7 Å². The molecular weight excluding hydrogens is 270 g/mol. The van der Waals surface area contributed by atoms with E-state index < -0.39 is 0 Å². The summed E-state index contributed by atoms with van der Waals surface area (Å²) in [6, 6.07) is 4.00. The van der Waals surface area contributed by atoms with Crippen molar-refractivity contribution in [1.29, 1.82) is 0 Å². The fourth-order valence-corrected chi connectivity index (χ4v) is 3.24. The summed E-state index contributed by atoms with van der Waals surface area (Å²) in [5.41, 5.74) is 8.51. The highest BCUT2D eigenvalue weighted by molar-refractivity contribution is 9.10. The monoisotopic (exact) mass is 283 g/mol. The molecule has 1 heterocycles. The van der Waals surface area contributed by atoms with Crippen molar-refractivity contribution in [3.8, 4) is 5.75 Å². The molecule has 0 amide bonds. The molecule has 0 spiro atoms. The number of rotatable bonds is 1. The summed E-state index contributed by atoms with van der Waals surface area (Å²) in [4.78, 5) is 0. The number of fused-ring (bicyclic) bond motifs is 1. The highest BCUT2D eigenvalue weighted by atomic mass is 79.9. The van der Waals surface area contributed by atoms with Crippen molar-refractivity contribution in [2.45, 2.75) is 31.4 Å². The van der Waals surface area contributed by atoms with Crippen LogP contribution in [0.5, 0.6) is 5.75 Å². The SMILES string of the molecule is NC1(c2c(Br)ccc3c2COCO3)CCC1. The molecule has 16 heavy (non-hydrogen) atoms. The van der Waals surface area contributed by atoms with Crippen LogP contribution in [0, 0.1) is 0 Å². The van der Waals surface area contributed by atoms with Gasteiger partial charge in [0.15, 0.2) is 6.79 Å². The van der Waals surface area contributed by atoms with Gasteiger partial charge in [-0.2, -0.15) is 0 Å². The Labute approximate surface area is 103 Å². The van der Waals surface area contributed by atoms with Crippen LogP contribution in [0.2, 0.25) is 0 Å². The molecule has 1 aliphatic carbocycles. The molecule has 0 aromatic heterocycles. The van der Waals surface area contributed by atoms with Crippen molar-refractivity contribution in [3.63, 3.8) is 0 Å². The van der Waals surface area contributed by atoms with E-state index in [9.17, 15) is 0 Å². The third kappa shape index (κ3) is 1.48. The minimum Gasteiger partial charge on any atom is -0.467 e. The maximum atomic E-state index is 6.41. The van der Waals surface area contributed by atoms with Crippen LogP contribution in [0.4, 0.5) is 0 Å². The average Bonchev–Trinajstić information content (AvgIpc) is 2.26. The van der Waals surface area contributed by atoms with Crippen molar-refractivity contribution in [2.75, 3.05) is 6.79 Å².